The Kier molecular flexibility index (Phi) is 4.41. The first-order chi connectivity index (χ1) is 13.3. The quantitative estimate of drug-likeness (QED) is 0.783. The van der Waals surface area contributed by atoms with Crippen molar-refractivity contribution in [3.63, 3.8) is 0 Å². The number of nitrogens with zero attached hydrogens (tertiary/aromatic N) is 4. The SMILES string of the molecule is N#Cc1cccc(-n2ccc(C(=O)N3CCC(C(F)(F)F)C4(CCC4)C3)n2)c1. The van der Waals surface area contributed by atoms with Crippen molar-refractivity contribution in [1.29, 1.82) is 5.26 Å². The van der Waals surface area contributed by atoms with Gasteiger partial charge in [0.25, 0.3) is 5.91 Å². The number of rotatable bonds is 2. The molecule has 1 atom stereocenters. The van der Waals surface area contributed by atoms with Gasteiger partial charge >= 0.3 is 6.18 Å². The van der Waals surface area contributed by atoms with E-state index in [4.69, 9.17) is 5.26 Å². The highest BCUT2D eigenvalue weighted by atomic mass is 19.4. The fourth-order valence-corrected chi connectivity index (χ4v) is 4.44. The van der Waals surface area contributed by atoms with Gasteiger partial charge in [-0.25, -0.2) is 4.68 Å². The van der Waals surface area contributed by atoms with E-state index in [1.165, 1.54) is 9.58 Å². The van der Waals surface area contributed by atoms with Crippen molar-refractivity contribution >= 4 is 5.91 Å². The zero-order valence-electron chi connectivity index (χ0n) is 15.1. The molecule has 1 unspecified atom stereocenters. The van der Waals surface area contributed by atoms with E-state index in [0.29, 0.717) is 24.1 Å². The smallest absolute Gasteiger partial charge is 0.337 e. The highest BCUT2D eigenvalue weighted by molar-refractivity contribution is 5.92. The molecular weight excluding hydrogens is 369 g/mol. The van der Waals surface area contributed by atoms with Crippen molar-refractivity contribution in [2.75, 3.05) is 13.1 Å². The summed E-state index contributed by atoms with van der Waals surface area (Å²) in [5, 5.41) is 13.3. The minimum absolute atomic E-state index is 0.0554. The van der Waals surface area contributed by atoms with E-state index in [-0.39, 0.29) is 31.1 Å². The van der Waals surface area contributed by atoms with Crippen LogP contribution in [0.5, 0.6) is 0 Å². The second-order valence-corrected chi connectivity index (χ2v) is 7.63. The Morgan fingerprint density at radius 3 is 2.71 bits per heavy atom. The summed E-state index contributed by atoms with van der Waals surface area (Å²) in [6, 6.07) is 10.4. The average Bonchev–Trinajstić information content (AvgIpc) is 3.15. The molecule has 0 N–H and O–H groups in total. The average molecular weight is 388 g/mol. The Morgan fingerprint density at radius 1 is 1.29 bits per heavy atom. The summed E-state index contributed by atoms with van der Waals surface area (Å²) < 4.78 is 41.8. The van der Waals surface area contributed by atoms with Crippen LogP contribution < -0.4 is 0 Å². The number of piperidine rings is 1. The van der Waals surface area contributed by atoms with E-state index in [1.54, 1.807) is 36.5 Å². The maximum atomic E-state index is 13.4. The minimum Gasteiger partial charge on any atom is -0.337 e. The predicted octanol–water partition coefficient (Wildman–Crippen LogP) is 3.94. The van der Waals surface area contributed by atoms with E-state index in [1.807, 2.05) is 6.07 Å². The number of hydrogen-bond donors (Lipinski definition) is 0. The molecule has 2 aromatic rings. The summed E-state index contributed by atoms with van der Waals surface area (Å²) in [6.07, 6.45) is -0.862. The lowest BCUT2D eigenvalue weighted by atomic mass is 9.58. The standard InChI is InChI=1S/C20H19F3N4O/c21-20(22,23)17-6-9-26(13-19(17)7-2-8-19)18(28)16-5-10-27(25-16)15-4-1-3-14(11-15)12-24/h1,3-5,10-11,17H,2,6-9,13H2. The van der Waals surface area contributed by atoms with Gasteiger partial charge in [-0.2, -0.15) is 23.5 Å². The number of nitriles is 1. The van der Waals surface area contributed by atoms with Gasteiger partial charge in [0.2, 0.25) is 0 Å². The second kappa shape index (κ2) is 6.66. The molecule has 1 aliphatic heterocycles. The molecule has 2 heterocycles. The summed E-state index contributed by atoms with van der Waals surface area (Å²) in [5.74, 6) is -1.67. The maximum Gasteiger partial charge on any atom is 0.392 e. The van der Waals surface area contributed by atoms with Gasteiger partial charge in [-0.15, -0.1) is 0 Å². The van der Waals surface area contributed by atoms with Gasteiger partial charge in [0.1, 0.15) is 0 Å². The predicted molar refractivity (Wildman–Crippen MR) is 94.6 cm³/mol. The Balaban J connectivity index is 1.53. The van der Waals surface area contributed by atoms with Gasteiger partial charge in [-0.3, -0.25) is 4.79 Å². The molecule has 8 heteroatoms. The van der Waals surface area contributed by atoms with Gasteiger partial charge in [-0.1, -0.05) is 12.5 Å². The number of aromatic nitrogens is 2. The Bertz CT molecular complexity index is 939. The fraction of sp³-hybridized carbons (Fsp3) is 0.450. The highest BCUT2D eigenvalue weighted by Gasteiger charge is 2.58. The van der Waals surface area contributed by atoms with Gasteiger partial charge in [0.15, 0.2) is 5.69 Å². The fourth-order valence-electron chi connectivity index (χ4n) is 4.44. The second-order valence-electron chi connectivity index (χ2n) is 7.63. The lowest BCUT2D eigenvalue weighted by Crippen LogP contribution is -2.57. The molecule has 1 aliphatic carbocycles. The largest absolute Gasteiger partial charge is 0.392 e. The van der Waals surface area contributed by atoms with Gasteiger partial charge in [-0.05, 0) is 48.9 Å². The summed E-state index contributed by atoms with van der Waals surface area (Å²) in [6.45, 7) is 0.217. The molecule has 28 heavy (non-hydrogen) atoms. The van der Waals surface area contributed by atoms with E-state index in [9.17, 15) is 18.0 Å². The Morgan fingerprint density at radius 2 is 2.07 bits per heavy atom. The number of amides is 1. The van der Waals surface area contributed by atoms with E-state index in [0.717, 1.165) is 6.42 Å². The summed E-state index contributed by atoms with van der Waals surface area (Å²) in [4.78, 5) is 14.4. The number of carbonyl (C=O) groups excluding carboxylic acids is 1. The van der Waals surface area contributed by atoms with Gasteiger partial charge < -0.3 is 4.90 Å². The first kappa shape index (κ1) is 18.5. The topological polar surface area (TPSA) is 61.9 Å². The number of alkyl halides is 3. The van der Waals surface area contributed by atoms with Crippen LogP contribution in [0.25, 0.3) is 5.69 Å². The summed E-state index contributed by atoms with van der Waals surface area (Å²) in [5.41, 5.74) is 0.476. The van der Waals surface area contributed by atoms with Crippen LogP contribution in [-0.4, -0.2) is 39.9 Å². The Labute approximate surface area is 160 Å². The number of likely N-dealkylation sites (tertiary alicyclic amines) is 1. The molecule has 1 saturated heterocycles. The number of halogens is 3. The molecule has 2 aliphatic rings. The number of carbonyl (C=O) groups is 1. The molecule has 1 spiro atoms. The Hall–Kier alpha value is -2.82. The van der Waals surface area contributed by atoms with Crippen LogP contribution in [0.1, 0.15) is 41.7 Å². The van der Waals surface area contributed by atoms with Crippen LogP contribution in [0.15, 0.2) is 36.5 Å². The molecule has 5 nitrogen and oxygen atoms in total. The van der Waals surface area contributed by atoms with Crippen molar-refractivity contribution in [2.24, 2.45) is 11.3 Å². The normalized spacial score (nSPS) is 21.2. The van der Waals surface area contributed by atoms with Gasteiger partial charge in [0.05, 0.1) is 23.2 Å². The molecule has 4 rings (SSSR count). The third-order valence-electron chi connectivity index (χ3n) is 6.01. The third kappa shape index (κ3) is 3.15. The van der Waals surface area contributed by atoms with Crippen LogP contribution in [0.4, 0.5) is 13.2 Å². The lowest BCUT2D eigenvalue weighted by Gasteiger charge is -2.54. The molecular formula is C20H19F3N4O. The zero-order chi connectivity index (χ0) is 19.9. The molecule has 0 bridgehead atoms. The molecule has 1 aromatic carbocycles. The monoisotopic (exact) mass is 388 g/mol. The van der Waals surface area contributed by atoms with Crippen LogP contribution >= 0.6 is 0 Å². The van der Waals surface area contributed by atoms with Gasteiger partial charge in [0, 0.05) is 19.3 Å². The summed E-state index contributed by atoms with van der Waals surface area (Å²) >= 11 is 0. The number of hydrogen-bond acceptors (Lipinski definition) is 3. The summed E-state index contributed by atoms with van der Waals surface area (Å²) in [7, 11) is 0. The highest BCUT2D eigenvalue weighted by Crippen LogP contribution is 2.56. The first-order valence-corrected chi connectivity index (χ1v) is 9.25. The van der Waals surface area contributed by atoms with Crippen molar-refractivity contribution in [2.45, 2.75) is 31.9 Å². The van der Waals surface area contributed by atoms with Crippen LogP contribution in [0.3, 0.4) is 0 Å². The molecule has 1 aromatic heterocycles. The van der Waals surface area contributed by atoms with Crippen molar-refractivity contribution in [3.05, 3.63) is 47.8 Å². The van der Waals surface area contributed by atoms with E-state index >= 15 is 0 Å². The molecule has 2 fully saturated rings. The van der Waals surface area contributed by atoms with Crippen molar-refractivity contribution in [3.8, 4) is 11.8 Å². The van der Waals surface area contributed by atoms with E-state index < -0.39 is 17.5 Å². The van der Waals surface area contributed by atoms with Crippen LogP contribution in [-0.2, 0) is 0 Å². The third-order valence-corrected chi connectivity index (χ3v) is 6.01. The van der Waals surface area contributed by atoms with E-state index in [2.05, 4.69) is 5.10 Å². The first-order valence-electron chi connectivity index (χ1n) is 9.25. The van der Waals surface area contributed by atoms with Crippen molar-refractivity contribution < 1.29 is 18.0 Å². The molecule has 146 valence electrons. The lowest BCUT2D eigenvalue weighted by molar-refractivity contribution is -0.235. The number of benzene rings is 1. The molecule has 1 amide bonds. The molecule has 0 radical (unpaired) electrons. The maximum absolute atomic E-state index is 13.4. The minimum atomic E-state index is -4.22. The van der Waals surface area contributed by atoms with Crippen molar-refractivity contribution in [1.82, 2.24) is 14.7 Å². The van der Waals surface area contributed by atoms with Crippen LogP contribution in [0.2, 0.25) is 0 Å². The zero-order valence-corrected chi connectivity index (χ0v) is 15.1. The molecule has 1 saturated carbocycles. The van der Waals surface area contributed by atoms with Crippen LogP contribution in [0, 0.1) is 22.7 Å².